The molecule has 1 aromatic carbocycles. The number of nitro groups is 1. The molecular weight excluding hydrogens is 297 g/mol. The van der Waals surface area contributed by atoms with Crippen molar-refractivity contribution in [2.24, 2.45) is 0 Å². The fraction of sp³-hybridized carbons (Fsp3) is 0.357. The first-order valence-corrected chi connectivity index (χ1v) is 7.15. The van der Waals surface area contributed by atoms with Gasteiger partial charge in [-0.15, -0.1) is 0 Å². The molecule has 0 radical (unpaired) electrons. The molecule has 21 heavy (non-hydrogen) atoms. The Morgan fingerprint density at radius 1 is 1.33 bits per heavy atom. The summed E-state index contributed by atoms with van der Waals surface area (Å²) in [5.74, 6) is -0.495. The SMILES string of the molecule is O=[N+]([O-])c1c(C2CCCC2)nn(-c2ccccc2F)c1Cl. The topological polar surface area (TPSA) is 61.0 Å². The van der Waals surface area contributed by atoms with Gasteiger partial charge in [-0.05, 0) is 25.0 Å². The lowest BCUT2D eigenvalue weighted by molar-refractivity contribution is -0.385. The highest BCUT2D eigenvalue weighted by Crippen LogP contribution is 2.41. The van der Waals surface area contributed by atoms with Gasteiger partial charge in [0.15, 0.2) is 0 Å². The van der Waals surface area contributed by atoms with Crippen LogP contribution in [0.15, 0.2) is 24.3 Å². The second kappa shape index (κ2) is 5.44. The van der Waals surface area contributed by atoms with Crippen molar-refractivity contribution in [1.29, 1.82) is 0 Å². The number of hydrogen-bond acceptors (Lipinski definition) is 3. The molecule has 0 aliphatic heterocycles. The maximum Gasteiger partial charge on any atom is 0.329 e. The molecule has 0 amide bonds. The summed E-state index contributed by atoms with van der Waals surface area (Å²) in [6.45, 7) is 0. The van der Waals surface area contributed by atoms with Crippen molar-refractivity contribution >= 4 is 17.3 Å². The van der Waals surface area contributed by atoms with Crippen molar-refractivity contribution in [3.63, 3.8) is 0 Å². The van der Waals surface area contributed by atoms with Gasteiger partial charge in [-0.25, -0.2) is 9.07 Å². The first-order chi connectivity index (χ1) is 10.1. The first-order valence-electron chi connectivity index (χ1n) is 6.77. The Kier molecular flexibility index (Phi) is 3.63. The van der Waals surface area contributed by atoms with Crippen molar-refractivity contribution in [3.05, 3.63) is 51.0 Å². The van der Waals surface area contributed by atoms with Gasteiger partial charge in [-0.3, -0.25) is 10.1 Å². The lowest BCUT2D eigenvalue weighted by atomic mass is 10.0. The summed E-state index contributed by atoms with van der Waals surface area (Å²) in [5.41, 5.74) is 0.285. The van der Waals surface area contributed by atoms with Crippen molar-refractivity contribution in [2.45, 2.75) is 31.6 Å². The van der Waals surface area contributed by atoms with Crippen LogP contribution in [0, 0.1) is 15.9 Å². The van der Waals surface area contributed by atoms with E-state index in [-0.39, 0.29) is 22.4 Å². The molecule has 0 saturated heterocycles. The molecule has 0 bridgehead atoms. The van der Waals surface area contributed by atoms with Gasteiger partial charge in [0.25, 0.3) is 0 Å². The maximum atomic E-state index is 13.9. The van der Waals surface area contributed by atoms with Crippen LogP contribution in [0.3, 0.4) is 0 Å². The van der Waals surface area contributed by atoms with Gasteiger partial charge in [0.1, 0.15) is 17.2 Å². The second-order valence-electron chi connectivity index (χ2n) is 5.13. The third-order valence-electron chi connectivity index (χ3n) is 3.84. The van der Waals surface area contributed by atoms with Crippen LogP contribution in [-0.2, 0) is 0 Å². The first kappa shape index (κ1) is 14.0. The van der Waals surface area contributed by atoms with Gasteiger partial charge < -0.3 is 0 Å². The normalized spacial score (nSPS) is 15.5. The van der Waals surface area contributed by atoms with E-state index < -0.39 is 10.7 Å². The van der Waals surface area contributed by atoms with E-state index in [1.54, 1.807) is 12.1 Å². The third kappa shape index (κ3) is 2.40. The lowest BCUT2D eigenvalue weighted by Gasteiger charge is -2.04. The van der Waals surface area contributed by atoms with Crippen LogP contribution >= 0.6 is 11.6 Å². The molecule has 0 spiro atoms. The van der Waals surface area contributed by atoms with E-state index >= 15 is 0 Å². The fourth-order valence-electron chi connectivity index (χ4n) is 2.83. The molecule has 1 aliphatic carbocycles. The molecule has 2 aromatic rings. The number of hydrogen-bond donors (Lipinski definition) is 0. The predicted molar refractivity (Wildman–Crippen MR) is 76.4 cm³/mol. The Balaban J connectivity index is 2.17. The zero-order valence-corrected chi connectivity index (χ0v) is 11.9. The van der Waals surface area contributed by atoms with Crippen LogP contribution in [0.1, 0.15) is 37.3 Å². The lowest BCUT2D eigenvalue weighted by Crippen LogP contribution is -2.01. The molecule has 0 N–H and O–H groups in total. The number of benzene rings is 1. The number of halogens is 2. The molecule has 7 heteroatoms. The summed E-state index contributed by atoms with van der Waals surface area (Å²) < 4.78 is 15.0. The molecular formula is C14H13ClFN3O2. The fourth-order valence-corrected chi connectivity index (χ4v) is 3.13. The molecule has 1 aromatic heterocycles. The minimum Gasteiger partial charge on any atom is -0.258 e. The largest absolute Gasteiger partial charge is 0.329 e. The van der Waals surface area contributed by atoms with Gasteiger partial charge in [0.2, 0.25) is 5.15 Å². The summed E-state index contributed by atoms with van der Waals surface area (Å²) in [7, 11) is 0. The molecule has 1 fully saturated rings. The Labute approximate surface area is 125 Å². The van der Waals surface area contributed by atoms with Crippen molar-refractivity contribution < 1.29 is 9.31 Å². The molecule has 110 valence electrons. The van der Waals surface area contributed by atoms with Crippen LogP contribution in [0.25, 0.3) is 5.69 Å². The minimum absolute atomic E-state index is 0.0240. The van der Waals surface area contributed by atoms with E-state index in [0.717, 1.165) is 30.4 Å². The minimum atomic E-state index is -0.527. The van der Waals surface area contributed by atoms with Gasteiger partial charge in [0, 0.05) is 5.92 Å². The summed E-state index contributed by atoms with van der Waals surface area (Å²) in [5, 5.41) is 15.4. The smallest absolute Gasteiger partial charge is 0.258 e. The Morgan fingerprint density at radius 3 is 2.62 bits per heavy atom. The molecule has 0 atom stereocenters. The summed E-state index contributed by atoms with van der Waals surface area (Å²) in [6, 6.07) is 5.95. The maximum absolute atomic E-state index is 13.9. The number of nitrogens with zero attached hydrogens (tertiary/aromatic N) is 3. The number of rotatable bonds is 3. The second-order valence-corrected chi connectivity index (χ2v) is 5.48. The molecule has 1 heterocycles. The van der Waals surface area contributed by atoms with E-state index in [1.165, 1.54) is 12.1 Å². The quantitative estimate of drug-likeness (QED) is 0.629. The predicted octanol–water partition coefficient (Wildman–Crippen LogP) is 4.23. The average Bonchev–Trinajstić information content (AvgIpc) is 3.06. The van der Waals surface area contributed by atoms with Crippen LogP contribution in [0.5, 0.6) is 0 Å². The zero-order valence-electron chi connectivity index (χ0n) is 11.1. The molecule has 1 aliphatic rings. The summed E-state index contributed by atoms with van der Waals surface area (Å²) >= 11 is 6.10. The highest BCUT2D eigenvalue weighted by Gasteiger charge is 2.34. The van der Waals surface area contributed by atoms with E-state index in [4.69, 9.17) is 11.6 Å². The number of aromatic nitrogens is 2. The monoisotopic (exact) mass is 309 g/mol. The van der Waals surface area contributed by atoms with E-state index in [0.29, 0.717) is 5.69 Å². The molecule has 1 saturated carbocycles. The average molecular weight is 310 g/mol. The Bertz CT molecular complexity index is 696. The summed E-state index contributed by atoms with van der Waals surface area (Å²) in [4.78, 5) is 10.8. The van der Waals surface area contributed by atoms with Gasteiger partial charge in [-0.1, -0.05) is 36.6 Å². The molecule has 0 unspecified atom stereocenters. The van der Waals surface area contributed by atoms with Crippen molar-refractivity contribution in [1.82, 2.24) is 9.78 Å². The summed E-state index contributed by atoms with van der Waals surface area (Å²) in [6.07, 6.45) is 3.74. The standard InChI is InChI=1S/C14H13ClFN3O2/c15-14-13(19(20)21)12(9-5-1-2-6-9)17-18(14)11-8-4-3-7-10(11)16/h3-4,7-9H,1-2,5-6H2. The van der Waals surface area contributed by atoms with Gasteiger partial charge in [0.05, 0.1) is 4.92 Å². The molecule has 3 rings (SSSR count). The Morgan fingerprint density at radius 2 is 2.00 bits per heavy atom. The highest BCUT2D eigenvalue weighted by molar-refractivity contribution is 6.32. The van der Waals surface area contributed by atoms with Gasteiger partial charge in [-0.2, -0.15) is 5.10 Å². The van der Waals surface area contributed by atoms with Crippen LogP contribution < -0.4 is 0 Å². The van der Waals surface area contributed by atoms with Crippen LogP contribution in [0.2, 0.25) is 5.15 Å². The third-order valence-corrected chi connectivity index (χ3v) is 4.18. The van der Waals surface area contributed by atoms with Crippen molar-refractivity contribution in [3.8, 4) is 5.69 Å². The van der Waals surface area contributed by atoms with Gasteiger partial charge >= 0.3 is 5.69 Å². The van der Waals surface area contributed by atoms with Crippen LogP contribution in [0.4, 0.5) is 10.1 Å². The molecule has 5 nitrogen and oxygen atoms in total. The van der Waals surface area contributed by atoms with E-state index in [2.05, 4.69) is 5.10 Å². The van der Waals surface area contributed by atoms with Crippen LogP contribution in [-0.4, -0.2) is 14.7 Å². The Hall–Kier alpha value is -1.95. The van der Waals surface area contributed by atoms with E-state index in [9.17, 15) is 14.5 Å². The highest BCUT2D eigenvalue weighted by atomic mass is 35.5. The van der Waals surface area contributed by atoms with Crippen molar-refractivity contribution in [2.75, 3.05) is 0 Å². The number of para-hydroxylation sites is 1. The zero-order chi connectivity index (χ0) is 15.0. The van der Waals surface area contributed by atoms with E-state index in [1.807, 2.05) is 0 Å².